The first-order valence-electron chi connectivity index (χ1n) is 7.35. The lowest BCUT2D eigenvalue weighted by molar-refractivity contribution is -0.119. The normalized spacial score (nSPS) is 15.0. The molecular weight excluding hydrogens is 371 g/mol. The van der Waals surface area contributed by atoms with E-state index in [1.807, 2.05) is 0 Å². The Hall–Kier alpha value is -2.03. The molecule has 1 fully saturated rings. The minimum Gasteiger partial charge on any atom is -0.493 e. The van der Waals surface area contributed by atoms with E-state index in [4.69, 9.17) is 37.1 Å². The smallest absolute Gasteiger partial charge is 0.258 e. The molecule has 0 atom stereocenters. The lowest BCUT2D eigenvalue weighted by Gasteiger charge is -2.34. The lowest BCUT2D eigenvalue weighted by atomic mass is 9.77. The highest BCUT2D eigenvalue weighted by molar-refractivity contribution is 6.32. The van der Waals surface area contributed by atoms with Crippen LogP contribution in [0.4, 0.5) is 0 Å². The molecular formula is C15H18Cl2N4O4. The minimum absolute atomic E-state index is 0. The molecule has 1 amide bonds. The van der Waals surface area contributed by atoms with Gasteiger partial charge in [0.1, 0.15) is 0 Å². The molecule has 4 N–H and O–H groups in total. The van der Waals surface area contributed by atoms with Crippen LogP contribution in [0, 0.1) is 0 Å². The van der Waals surface area contributed by atoms with Crippen LogP contribution in [0.3, 0.4) is 0 Å². The standard InChI is InChI=1S/C15H17ClN4O4.ClH/c1-22-10-6-8(5-9(16)12(10)23-7-11(17)21)13-19-14(20-24-13)15(18)3-2-4-15;/h5-6H,2-4,7,18H2,1H3,(H2,17,21);1H. The SMILES string of the molecule is COc1cc(-c2nc(C3(N)CCC3)no2)cc(Cl)c1OCC(N)=O.Cl. The third kappa shape index (κ3) is 3.81. The first-order valence-corrected chi connectivity index (χ1v) is 7.73. The van der Waals surface area contributed by atoms with E-state index in [-0.39, 0.29) is 35.7 Å². The van der Waals surface area contributed by atoms with Gasteiger partial charge in [-0.3, -0.25) is 4.79 Å². The molecule has 3 rings (SSSR count). The van der Waals surface area contributed by atoms with Gasteiger partial charge >= 0.3 is 0 Å². The highest BCUT2D eigenvalue weighted by Crippen LogP contribution is 2.41. The molecule has 25 heavy (non-hydrogen) atoms. The molecule has 0 saturated heterocycles. The Morgan fingerprint density at radius 1 is 1.44 bits per heavy atom. The van der Waals surface area contributed by atoms with Gasteiger partial charge in [0.15, 0.2) is 23.9 Å². The molecule has 1 aliphatic carbocycles. The maximum absolute atomic E-state index is 10.9. The molecule has 0 aliphatic heterocycles. The van der Waals surface area contributed by atoms with Crippen molar-refractivity contribution in [1.29, 1.82) is 0 Å². The van der Waals surface area contributed by atoms with Crippen LogP contribution in [0.15, 0.2) is 16.7 Å². The van der Waals surface area contributed by atoms with Crippen molar-refractivity contribution < 1.29 is 18.8 Å². The highest BCUT2D eigenvalue weighted by atomic mass is 35.5. The number of rotatable bonds is 6. The van der Waals surface area contributed by atoms with Crippen LogP contribution in [-0.2, 0) is 10.3 Å². The number of hydrogen-bond donors (Lipinski definition) is 2. The molecule has 1 aromatic carbocycles. The fraction of sp³-hybridized carbons (Fsp3) is 0.400. The average Bonchev–Trinajstić information content (AvgIpc) is 3.00. The van der Waals surface area contributed by atoms with Gasteiger partial charge < -0.3 is 25.5 Å². The Bertz CT molecular complexity index is 777. The number of amides is 1. The topological polar surface area (TPSA) is 126 Å². The van der Waals surface area contributed by atoms with Crippen molar-refractivity contribution >= 4 is 29.9 Å². The molecule has 0 spiro atoms. The Morgan fingerprint density at radius 2 is 2.16 bits per heavy atom. The van der Waals surface area contributed by atoms with E-state index in [0.29, 0.717) is 17.1 Å². The minimum atomic E-state index is -0.618. The van der Waals surface area contributed by atoms with E-state index in [1.54, 1.807) is 12.1 Å². The number of hydrogen-bond acceptors (Lipinski definition) is 7. The highest BCUT2D eigenvalue weighted by Gasteiger charge is 2.39. The van der Waals surface area contributed by atoms with Gasteiger partial charge in [0.25, 0.3) is 11.8 Å². The second kappa shape index (κ2) is 7.47. The van der Waals surface area contributed by atoms with Gasteiger partial charge in [-0.25, -0.2) is 0 Å². The number of halogens is 2. The summed E-state index contributed by atoms with van der Waals surface area (Å²) < 4.78 is 15.8. The van der Waals surface area contributed by atoms with Gasteiger partial charge in [0, 0.05) is 5.56 Å². The van der Waals surface area contributed by atoms with E-state index in [9.17, 15) is 4.79 Å². The van der Waals surface area contributed by atoms with Crippen molar-refractivity contribution in [2.24, 2.45) is 11.5 Å². The van der Waals surface area contributed by atoms with E-state index in [1.165, 1.54) is 7.11 Å². The fourth-order valence-corrected chi connectivity index (χ4v) is 2.72. The summed E-state index contributed by atoms with van der Waals surface area (Å²) in [4.78, 5) is 15.2. The number of ether oxygens (including phenoxy) is 2. The zero-order valence-corrected chi connectivity index (χ0v) is 15.0. The number of carbonyl (C=O) groups is 1. The van der Waals surface area contributed by atoms with Crippen molar-refractivity contribution in [1.82, 2.24) is 10.1 Å². The predicted molar refractivity (Wildman–Crippen MR) is 92.9 cm³/mol. The number of aromatic nitrogens is 2. The van der Waals surface area contributed by atoms with Gasteiger partial charge in [0.05, 0.1) is 17.7 Å². The molecule has 8 nitrogen and oxygen atoms in total. The van der Waals surface area contributed by atoms with Crippen molar-refractivity contribution in [2.45, 2.75) is 24.8 Å². The van der Waals surface area contributed by atoms with Crippen molar-refractivity contribution in [3.63, 3.8) is 0 Å². The summed E-state index contributed by atoms with van der Waals surface area (Å²) in [5.74, 6) is 0.684. The van der Waals surface area contributed by atoms with Crippen LogP contribution in [0.25, 0.3) is 11.5 Å². The van der Waals surface area contributed by atoms with Crippen LogP contribution in [0.2, 0.25) is 5.02 Å². The Labute approximate surface area is 155 Å². The Morgan fingerprint density at radius 3 is 2.72 bits per heavy atom. The summed E-state index contributed by atoms with van der Waals surface area (Å²) >= 11 is 6.21. The predicted octanol–water partition coefficient (Wildman–Crippen LogP) is 2.02. The number of nitrogens with two attached hydrogens (primary N) is 2. The van der Waals surface area contributed by atoms with Crippen LogP contribution in [0.5, 0.6) is 11.5 Å². The molecule has 0 unspecified atom stereocenters. The maximum atomic E-state index is 10.9. The zero-order valence-electron chi connectivity index (χ0n) is 13.5. The van der Waals surface area contributed by atoms with Crippen molar-refractivity contribution in [2.75, 3.05) is 13.7 Å². The molecule has 1 aliphatic rings. The monoisotopic (exact) mass is 388 g/mol. The summed E-state index contributed by atoms with van der Waals surface area (Å²) in [6.45, 7) is -0.310. The van der Waals surface area contributed by atoms with E-state index < -0.39 is 11.4 Å². The average molecular weight is 389 g/mol. The fourth-order valence-electron chi connectivity index (χ4n) is 2.45. The van der Waals surface area contributed by atoms with Crippen LogP contribution >= 0.6 is 24.0 Å². The number of methoxy groups -OCH3 is 1. The van der Waals surface area contributed by atoms with Crippen molar-refractivity contribution in [3.05, 3.63) is 23.0 Å². The second-order valence-corrected chi connectivity index (χ2v) is 6.08. The van der Waals surface area contributed by atoms with E-state index >= 15 is 0 Å². The summed E-state index contributed by atoms with van der Waals surface area (Å²) in [7, 11) is 1.45. The van der Waals surface area contributed by atoms with E-state index in [2.05, 4.69) is 10.1 Å². The Kier molecular flexibility index (Phi) is 5.76. The summed E-state index contributed by atoms with van der Waals surface area (Å²) in [5.41, 5.74) is 11.3. The van der Waals surface area contributed by atoms with E-state index in [0.717, 1.165) is 19.3 Å². The van der Waals surface area contributed by atoms with Crippen molar-refractivity contribution in [3.8, 4) is 23.0 Å². The largest absolute Gasteiger partial charge is 0.493 e. The van der Waals surface area contributed by atoms with Crippen LogP contribution in [-0.4, -0.2) is 29.8 Å². The third-order valence-electron chi connectivity index (χ3n) is 3.95. The summed E-state index contributed by atoms with van der Waals surface area (Å²) in [6, 6.07) is 3.21. The molecule has 1 saturated carbocycles. The number of nitrogens with zero attached hydrogens (tertiary/aromatic N) is 2. The zero-order chi connectivity index (χ0) is 17.3. The van der Waals surface area contributed by atoms with Crippen LogP contribution < -0.4 is 20.9 Å². The summed E-state index contributed by atoms with van der Waals surface area (Å²) in [5, 5.41) is 4.20. The quantitative estimate of drug-likeness (QED) is 0.774. The number of benzene rings is 1. The van der Waals surface area contributed by atoms with Gasteiger partial charge in [-0.1, -0.05) is 16.8 Å². The lowest BCUT2D eigenvalue weighted by Crippen LogP contribution is -2.44. The van der Waals surface area contributed by atoms with Gasteiger partial charge in [-0.05, 0) is 31.4 Å². The molecule has 1 aromatic heterocycles. The molecule has 2 aromatic rings. The molecule has 0 bridgehead atoms. The number of carbonyl (C=O) groups excluding carboxylic acids is 1. The maximum Gasteiger partial charge on any atom is 0.258 e. The first kappa shape index (κ1) is 19.3. The molecule has 1 heterocycles. The van der Waals surface area contributed by atoms with Gasteiger partial charge in [0.2, 0.25) is 0 Å². The number of primary amides is 1. The van der Waals surface area contributed by atoms with Crippen LogP contribution in [0.1, 0.15) is 25.1 Å². The molecule has 136 valence electrons. The first-order chi connectivity index (χ1) is 11.4. The molecule has 10 heteroatoms. The Balaban J connectivity index is 0.00000225. The third-order valence-corrected chi connectivity index (χ3v) is 4.23. The van der Waals surface area contributed by atoms with Gasteiger partial charge in [-0.15, -0.1) is 12.4 Å². The molecule has 0 radical (unpaired) electrons. The summed E-state index contributed by atoms with van der Waals surface area (Å²) in [6.07, 6.45) is 2.71. The second-order valence-electron chi connectivity index (χ2n) is 5.68. The van der Waals surface area contributed by atoms with Gasteiger partial charge in [-0.2, -0.15) is 4.98 Å².